The van der Waals surface area contributed by atoms with Crippen LogP contribution in [-0.4, -0.2) is 11.7 Å². The summed E-state index contributed by atoms with van der Waals surface area (Å²) in [5.41, 5.74) is 6.13. The van der Waals surface area contributed by atoms with E-state index in [2.05, 4.69) is 0 Å². The zero-order chi connectivity index (χ0) is 9.47. The quantitative estimate of drug-likeness (QED) is 0.676. The van der Waals surface area contributed by atoms with Crippen LogP contribution >= 0.6 is 0 Å². The molecule has 3 N–H and O–H groups in total. The molecule has 70 valence electrons. The SMILES string of the molecule is NC[C@@]1(O)CCc2ccc(F)cc21. The molecular formula is C10H12FNO. The predicted molar refractivity (Wildman–Crippen MR) is 47.7 cm³/mol. The fourth-order valence-corrected chi connectivity index (χ4v) is 1.89. The van der Waals surface area contributed by atoms with Crippen molar-refractivity contribution in [2.45, 2.75) is 18.4 Å². The van der Waals surface area contributed by atoms with Crippen molar-refractivity contribution < 1.29 is 9.50 Å². The summed E-state index contributed by atoms with van der Waals surface area (Å²) in [7, 11) is 0. The molecule has 0 bridgehead atoms. The fraction of sp³-hybridized carbons (Fsp3) is 0.400. The molecule has 1 aromatic carbocycles. The summed E-state index contributed by atoms with van der Waals surface area (Å²) in [6.07, 6.45) is 1.38. The van der Waals surface area contributed by atoms with Gasteiger partial charge in [-0.1, -0.05) is 6.07 Å². The number of aryl methyl sites for hydroxylation is 1. The van der Waals surface area contributed by atoms with Crippen molar-refractivity contribution >= 4 is 0 Å². The highest BCUT2D eigenvalue weighted by Crippen LogP contribution is 2.36. The molecule has 1 atom stereocenters. The van der Waals surface area contributed by atoms with Crippen molar-refractivity contribution in [1.29, 1.82) is 0 Å². The molecule has 0 fully saturated rings. The second-order valence-electron chi connectivity index (χ2n) is 3.54. The number of fused-ring (bicyclic) bond motifs is 1. The number of hydrogen-bond donors (Lipinski definition) is 2. The molecule has 13 heavy (non-hydrogen) atoms. The average molecular weight is 181 g/mol. The highest BCUT2D eigenvalue weighted by atomic mass is 19.1. The van der Waals surface area contributed by atoms with Crippen LogP contribution in [0, 0.1) is 5.82 Å². The van der Waals surface area contributed by atoms with Gasteiger partial charge in [-0.05, 0) is 36.1 Å². The normalized spacial score (nSPS) is 26.1. The second kappa shape index (κ2) is 2.79. The summed E-state index contributed by atoms with van der Waals surface area (Å²) in [5, 5.41) is 9.98. The van der Waals surface area contributed by atoms with Gasteiger partial charge in [0, 0.05) is 6.54 Å². The number of halogens is 1. The molecule has 0 unspecified atom stereocenters. The number of rotatable bonds is 1. The molecule has 2 rings (SSSR count). The van der Waals surface area contributed by atoms with E-state index in [1.165, 1.54) is 12.1 Å². The van der Waals surface area contributed by atoms with Crippen LogP contribution in [0.1, 0.15) is 17.5 Å². The van der Waals surface area contributed by atoms with Crippen molar-refractivity contribution in [3.63, 3.8) is 0 Å². The average Bonchev–Trinajstić information content (AvgIpc) is 2.45. The largest absolute Gasteiger partial charge is 0.384 e. The van der Waals surface area contributed by atoms with Crippen molar-refractivity contribution in [3.05, 3.63) is 35.1 Å². The molecule has 2 nitrogen and oxygen atoms in total. The summed E-state index contributed by atoms with van der Waals surface area (Å²) in [6, 6.07) is 4.52. The first kappa shape index (κ1) is 8.66. The Kier molecular flexibility index (Phi) is 1.86. The molecule has 0 aromatic heterocycles. The van der Waals surface area contributed by atoms with Gasteiger partial charge < -0.3 is 10.8 Å². The monoisotopic (exact) mass is 181 g/mol. The van der Waals surface area contributed by atoms with E-state index in [9.17, 15) is 9.50 Å². The number of nitrogens with two attached hydrogens (primary N) is 1. The van der Waals surface area contributed by atoms with Gasteiger partial charge in [-0.3, -0.25) is 0 Å². The topological polar surface area (TPSA) is 46.2 Å². The van der Waals surface area contributed by atoms with Crippen LogP contribution in [0.3, 0.4) is 0 Å². The molecule has 1 aliphatic carbocycles. The van der Waals surface area contributed by atoms with Crippen LogP contribution in [0.15, 0.2) is 18.2 Å². The lowest BCUT2D eigenvalue weighted by atomic mass is 9.96. The van der Waals surface area contributed by atoms with Crippen LogP contribution in [-0.2, 0) is 12.0 Å². The molecule has 0 heterocycles. The van der Waals surface area contributed by atoms with E-state index < -0.39 is 5.60 Å². The van der Waals surface area contributed by atoms with Crippen molar-refractivity contribution in [2.24, 2.45) is 5.73 Å². The minimum atomic E-state index is -1.00. The summed E-state index contributed by atoms with van der Waals surface area (Å²) in [6.45, 7) is 0.156. The van der Waals surface area contributed by atoms with Gasteiger partial charge in [0.25, 0.3) is 0 Å². The Balaban J connectivity index is 2.52. The Labute approximate surface area is 76.2 Å². The van der Waals surface area contributed by atoms with Crippen molar-refractivity contribution in [3.8, 4) is 0 Å². The number of benzene rings is 1. The minimum absolute atomic E-state index is 0.156. The molecule has 0 radical (unpaired) electrons. The predicted octanol–water partition coefficient (Wildman–Crippen LogP) is 0.918. The van der Waals surface area contributed by atoms with Crippen LogP contribution in [0.2, 0.25) is 0 Å². The first-order valence-corrected chi connectivity index (χ1v) is 4.37. The lowest BCUT2D eigenvalue weighted by molar-refractivity contribution is 0.0478. The molecule has 1 aliphatic rings. The summed E-state index contributed by atoms with van der Waals surface area (Å²) >= 11 is 0. The molecule has 0 saturated carbocycles. The third kappa shape index (κ3) is 1.24. The maximum Gasteiger partial charge on any atom is 0.123 e. The van der Waals surface area contributed by atoms with E-state index in [1.54, 1.807) is 6.07 Å². The van der Waals surface area contributed by atoms with Crippen LogP contribution in [0.5, 0.6) is 0 Å². The lowest BCUT2D eigenvalue weighted by Crippen LogP contribution is -2.32. The Morgan fingerprint density at radius 3 is 3.00 bits per heavy atom. The molecule has 0 saturated heterocycles. The molecule has 3 heteroatoms. The highest BCUT2D eigenvalue weighted by Gasteiger charge is 2.35. The molecule has 1 aromatic rings. The Hall–Kier alpha value is -0.930. The second-order valence-corrected chi connectivity index (χ2v) is 3.54. The molecular weight excluding hydrogens is 169 g/mol. The molecule has 0 amide bonds. The van der Waals surface area contributed by atoms with Gasteiger partial charge >= 0.3 is 0 Å². The number of aliphatic hydroxyl groups is 1. The van der Waals surface area contributed by atoms with Crippen molar-refractivity contribution in [1.82, 2.24) is 0 Å². The maximum absolute atomic E-state index is 12.9. The molecule has 0 aliphatic heterocycles. The summed E-state index contributed by atoms with van der Waals surface area (Å²) < 4.78 is 12.9. The standard InChI is InChI=1S/C10H12FNO/c11-8-2-1-7-3-4-10(13,6-12)9(7)5-8/h1-2,5,13H,3-4,6,12H2/t10-/m0/s1. The van der Waals surface area contributed by atoms with Crippen LogP contribution in [0.25, 0.3) is 0 Å². The van der Waals surface area contributed by atoms with Crippen LogP contribution in [0.4, 0.5) is 4.39 Å². The smallest absolute Gasteiger partial charge is 0.123 e. The van der Waals surface area contributed by atoms with E-state index in [0.29, 0.717) is 12.0 Å². The van der Waals surface area contributed by atoms with Gasteiger partial charge in [0.1, 0.15) is 11.4 Å². The zero-order valence-electron chi connectivity index (χ0n) is 7.26. The van der Waals surface area contributed by atoms with Gasteiger partial charge in [-0.2, -0.15) is 0 Å². The highest BCUT2D eigenvalue weighted by molar-refractivity contribution is 5.37. The van der Waals surface area contributed by atoms with Gasteiger partial charge in [0.2, 0.25) is 0 Å². The Bertz CT molecular complexity index is 340. The summed E-state index contributed by atoms with van der Waals surface area (Å²) in [5.74, 6) is -0.312. The first-order chi connectivity index (χ1) is 6.15. The maximum atomic E-state index is 12.9. The Morgan fingerprint density at radius 2 is 2.31 bits per heavy atom. The third-order valence-electron chi connectivity index (χ3n) is 2.72. The van der Waals surface area contributed by atoms with Crippen LogP contribution < -0.4 is 5.73 Å². The van der Waals surface area contributed by atoms with E-state index in [1.807, 2.05) is 0 Å². The van der Waals surface area contributed by atoms with E-state index in [0.717, 1.165) is 12.0 Å². The first-order valence-electron chi connectivity index (χ1n) is 4.37. The van der Waals surface area contributed by atoms with Gasteiger partial charge in [0.15, 0.2) is 0 Å². The van der Waals surface area contributed by atoms with Gasteiger partial charge in [0.05, 0.1) is 0 Å². The Morgan fingerprint density at radius 1 is 1.54 bits per heavy atom. The summed E-state index contributed by atoms with van der Waals surface area (Å²) in [4.78, 5) is 0. The van der Waals surface area contributed by atoms with E-state index in [-0.39, 0.29) is 12.4 Å². The fourth-order valence-electron chi connectivity index (χ4n) is 1.89. The van der Waals surface area contributed by atoms with E-state index >= 15 is 0 Å². The number of hydrogen-bond acceptors (Lipinski definition) is 2. The minimum Gasteiger partial charge on any atom is -0.384 e. The lowest BCUT2D eigenvalue weighted by Gasteiger charge is -2.21. The molecule has 0 spiro atoms. The van der Waals surface area contributed by atoms with Gasteiger partial charge in [-0.15, -0.1) is 0 Å². The zero-order valence-corrected chi connectivity index (χ0v) is 7.26. The van der Waals surface area contributed by atoms with Gasteiger partial charge in [-0.25, -0.2) is 4.39 Å². The van der Waals surface area contributed by atoms with Crippen molar-refractivity contribution in [2.75, 3.05) is 6.54 Å². The van der Waals surface area contributed by atoms with E-state index in [4.69, 9.17) is 5.73 Å². The third-order valence-corrected chi connectivity index (χ3v) is 2.72.